The molecule has 0 aromatic carbocycles. The molecule has 9 heteroatoms. The van der Waals surface area contributed by atoms with Gasteiger partial charge in [0.2, 0.25) is 0 Å². The van der Waals surface area contributed by atoms with Crippen LogP contribution >= 0.6 is 0 Å². The molecule has 1 heterocycles. The first kappa shape index (κ1) is 16.2. The number of hydrogen-bond acceptors (Lipinski definition) is 6. The van der Waals surface area contributed by atoms with E-state index in [1.165, 1.54) is 0 Å². The summed E-state index contributed by atoms with van der Waals surface area (Å²) in [5, 5.41) is 38.5. The molecule has 0 radical (unpaired) electrons. The van der Waals surface area contributed by atoms with Gasteiger partial charge >= 0.3 is 6.18 Å². The van der Waals surface area contributed by atoms with Crippen LogP contribution in [0.5, 0.6) is 0 Å². The molecule has 6 nitrogen and oxygen atoms in total. The van der Waals surface area contributed by atoms with Gasteiger partial charge in [0.25, 0.3) is 0 Å². The summed E-state index contributed by atoms with van der Waals surface area (Å²) in [7, 11) is 0. The zero-order valence-corrected chi connectivity index (χ0v) is 10.1. The summed E-state index contributed by atoms with van der Waals surface area (Å²) >= 11 is 0. The van der Waals surface area contributed by atoms with Crippen molar-refractivity contribution in [3.05, 3.63) is 23.4 Å². The van der Waals surface area contributed by atoms with Crippen LogP contribution in [0, 0.1) is 11.3 Å². The van der Waals surface area contributed by atoms with Gasteiger partial charge in [-0.05, 0) is 12.1 Å². The maximum atomic E-state index is 12.6. The van der Waals surface area contributed by atoms with E-state index in [0.717, 1.165) is 6.07 Å². The fourth-order valence-electron chi connectivity index (χ4n) is 1.32. The van der Waals surface area contributed by atoms with Gasteiger partial charge in [-0.1, -0.05) is 0 Å². The molecule has 0 atom stereocenters. The SMILES string of the molecule is N#Cc1ccc(C(F)(F)F)nc1NC(CO)(CO)CO. The van der Waals surface area contributed by atoms with Crippen molar-refractivity contribution in [1.82, 2.24) is 4.98 Å². The van der Waals surface area contributed by atoms with Crippen molar-refractivity contribution in [3.63, 3.8) is 0 Å². The molecule has 0 aliphatic carbocycles. The molecular formula is C11H12F3N3O3. The molecule has 0 saturated heterocycles. The van der Waals surface area contributed by atoms with E-state index in [2.05, 4.69) is 10.3 Å². The molecule has 20 heavy (non-hydrogen) atoms. The third kappa shape index (κ3) is 3.36. The molecule has 1 aromatic heterocycles. The highest BCUT2D eigenvalue weighted by molar-refractivity contribution is 5.54. The average Bonchev–Trinajstić information content (AvgIpc) is 2.43. The van der Waals surface area contributed by atoms with Crippen molar-refractivity contribution in [2.24, 2.45) is 0 Å². The Hall–Kier alpha value is -1.89. The Morgan fingerprint density at radius 3 is 2.10 bits per heavy atom. The number of nitrogens with one attached hydrogen (secondary N) is 1. The molecule has 0 spiro atoms. The molecule has 4 N–H and O–H groups in total. The van der Waals surface area contributed by atoms with Crippen LogP contribution in [-0.4, -0.2) is 45.7 Å². The molecule has 0 bridgehead atoms. The second-order valence-corrected chi connectivity index (χ2v) is 4.08. The van der Waals surface area contributed by atoms with Crippen LogP contribution in [0.3, 0.4) is 0 Å². The normalized spacial score (nSPS) is 12.1. The van der Waals surface area contributed by atoms with Crippen LogP contribution in [0.4, 0.5) is 19.0 Å². The fraction of sp³-hybridized carbons (Fsp3) is 0.455. The molecule has 0 aliphatic heterocycles. The third-order valence-corrected chi connectivity index (χ3v) is 2.60. The third-order valence-electron chi connectivity index (χ3n) is 2.60. The molecule has 110 valence electrons. The Morgan fingerprint density at radius 2 is 1.70 bits per heavy atom. The van der Waals surface area contributed by atoms with Crippen molar-refractivity contribution in [2.45, 2.75) is 11.7 Å². The zero-order valence-electron chi connectivity index (χ0n) is 10.1. The van der Waals surface area contributed by atoms with Gasteiger partial charge in [0.05, 0.1) is 25.4 Å². The maximum absolute atomic E-state index is 12.6. The first-order chi connectivity index (χ1) is 9.31. The van der Waals surface area contributed by atoms with Gasteiger partial charge in [-0.3, -0.25) is 0 Å². The predicted molar refractivity (Wildman–Crippen MR) is 61.6 cm³/mol. The summed E-state index contributed by atoms with van der Waals surface area (Å²) in [6, 6.07) is 3.18. The van der Waals surface area contributed by atoms with Crippen LogP contribution in [0.1, 0.15) is 11.3 Å². The lowest BCUT2D eigenvalue weighted by molar-refractivity contribution is -0.141. The molecule has 0 saturated carbocycles. The molecule has 0 aliphatic rings. The Kier molecular flexibility index (Phi) is 4.88. The number of aromatic nitrogens is 1. The number of hydrogen-bond donors (Lipinski definition) is 4. The lowest BCUT2D eigenvalue weighted by atomic mass is 10.0. The summed E-state index contributed by atoms with van der Waals surface area (Å²) < 4.78 is 37.7. The smallest absolute Gasteiger partial charge is 0.394 e. The van der Waals surface area contributed by atoms with Gasteiger partial charge in [-0.15, -0.1) is 0 Å². The van der Waals surface area contributed by atoms with E-state index in [9.17, 15) is 13.2 Å². The standard InChI is InChI=1S/C11H12F3N3O3/c12-11(13,14)8-2-1-7(3-15)9(16-8)17-10(4-18,5-19)6-20/h1-2,18-20H,4-6H2,(H,16,17). The van der Waals surface area contributed by atoms with E-state index < -0.39 is 43.0 Å². The first-order valence-corrected chi connectivity index (χ1v) is 5.41. The van der Waals surface area contributed by atoms with Crippen LogP contribution in [0.2, 0.25) is 0 Å². The average molecular weight is 291 g/mol. The van der Waals surface area contributed by atoms with Crippen molar-refractivity contribution >= 4 is 5.82 Å². The lowest BCUT2D eigenvalue weighted by Crippen LogP contribution is -2.49. The van der Waals surface area contributed by atoms with Crippen molar-refractivity contribution in [2.75, 3.05) is 25.1 Å². The zero-order chi connectivity index (χ0) is 15.4. The van der Waals surface area contributed by atoms with Gasteiger partial charge in [-0.2, -0.15) is 18.4 Å². The van der Waals surface area contributed by atoms with Crippen LogP contribution in [0.25, 0.3) is 0 Å². The minimum absolute atomic E-state index is 0.210. The number of rotatable bonds is 5. The number of nitrogens with zero attached hydrogens (tertiary/aromatic N) is 2. The summed E-state index contributed by atoms with van der Waals surface area (Å²) in [6.45, 7) is -2.28. The van der Waals surface area contributed by atoms with Gasteiger partial charge in [0.1, 0.15) is 23.1 Å². The highest BCUT2D eigenvalue weighted by atomic mass is 19.4. The number of pyridine rings is 1. The summed E-state index contributed by atoms with van der Waals surface area (Å²) in [5.41, 5.74) is -3.12. The summed E-state index contributed by atoms with van der Waals surface area (Å²) in [4.78, 5) is 3.25. The van der Waals surface area contributed by atoms with Crippen LogP contribution in [-0.2, 0) is 6.18 Å². The Bertz CT molecular complexity index is 502. The maximum Gasteiger partial charge on any atom is 0.433 e. The monoisotopic (exact) mass is 291 g/mol. The largest absolute Gasteiger partial charge is 0.433 e. The van der Waals surface area contributed by atoms with E-state index in [-0.39, 0.29) is 5.56 Å². The van der Waals surface area contributed by atoms with E-state index in [1.807, 2.05) is 0 Å². The molecule has 1 rings (SSSR count). The van der Waals surface area contributed by atoms with E-state index >= 15 is 0 Å². The lowest BCUT2D eigenvalue weighted by Gasteiger charge is -2.29. The minimum atomic E-state index is -4.70. The highest BCUT2D eigenvalue weighted by Gasteiger charge is 2.35. The number of alkyl halides is 3. The highest BCUT2D eigenvalue weighted by Crippen LogP contribution is 2.30. The van der Waals surface area contributed by atoms with Crippen LogP contribution < -0.4 is 5.32 Å². The number of halogens is 3. The summed E-state index contributed by atoms with van der Waals surface area (Å²) in [5.74, 6) is -0.473. The van der Waals surface area contributed by atoms with Crippen molar-refractivity contribution in [1.29, 1.82) is 5.26 Å². The number of aliphatic hydroxyl groups excluding tert-OH is 3. The van der Waals surface area contributed by atoms with Crippen molar-refractivity contribution in [3.8, 4) is 6.07 Å². The molecular weight excluding hydrogens is 279 g/mol. The van der Waals surface area contributed by atoms with Gasteiger partial charge in [-0.25, -0.2) is 4.98 Å². The Balaban J connectivity index is 3.25. The molecule has 0 amide bonds. The number of nitriles is 1. The van der Waals surface area contributed by atoms with Crippen LogP contribution in [0.15, 0.2) is 12.1 Å². The van der Waals surface area contributed by atoms with Crippen molar-refractivity contribution < 1.29 is 28.5 Å². The van der Waals surface area contributed by atoms with Gasteiger partial charge < -0.3 is 20.6 Å². The fourth-order valence-corrected chi connectivity index (χ4v) is 1.32. The first-order valence-electron chi connectivity index (χ1n) is 5.41. The summed E-state index contributed by atoms with van der Waals surface area (Å²) in [6.07, 6.45) is -4.70. The predicted octanol–water partition coefficient (Wildman–Crippen LogP) is 0.0997. The van der Waals surface area contributed by atoms with Gasteiger partial charge in [0.15, 0.2) is 0 Å². The Labute approximate surface area is 112 Å². The Morgan fingerprint density at radius 1 is 1.15 bits per heavy atom. The quantitative estimate of drug-likeness (QED) is 0.612. The van der Waals surface area contributed by atoms with Gasteiger partial charge in [0, 0.05) is 0 Å². The minimum Gasteiger partial charge on any atom is -0.394 e. The second-order valence-electron chi connectivity index (χ2n) is 4.08. The number of aliphatic hydroxyl groups is 3. The van der Waals surface area contributed by atoms with E-state index in [1.54, 1.807) is 6.07 Å². The van der Waals surface area contributed by atoms with E-state index in [0.29, 0.717) is 6.07 Å². The molecule has 0 unspecified atom stereocenters. The molecule has 0 fully saturated rings. The topological polar surface area (TPSA) is 109 Å². The number of anilines is 1. The second kappa shape index (κ2) is 6.04. The molecule has 1 aromatic rings. The van der Waals surface area contributed by atoms with E-state index in [4.69, 9.17) is 20.6 Å².